The van der Waals surface area contributed by atoms with Gasteiger partial charge in [0.1, 0.15) is 27.7 Å². The fourth-order valence-corrected chi connectivity index (χ4v) is 3.82. The lowest BCUT2D eigenvalue weighted by Gasteiger charge is -2.19. The molecule has 0 radical (unpaired) electrons. The highest BCUT2D eigenvalue weighted by Crippen LogP contribution is 2.31. The van der Waals surface area contributed by atoms with Gasteiger partial charge in [0.15, 0.2) is 0 Å². The molecule has 0 bridgehead atoms. The fourth-order valence-electron chi connectivity index (χ4n) is 2.88. The van der Waals surface area contributed by atoms with Crippen molar-refractivity contribution in [2.24, 2.45) is 0 Å². The Morgan fingerprint density at radius 2 is 2.00 bits per heavy atom. The summed E-state index contributed by atoms with van der Waals surface area (Å²) in [5.41, 5.74) is 3.14. The van der Waals surface area contributed by atoms with Gasteiger partial charge in [0.25, 0.3) is 5.91 Å². The zero-order chi connectivity index (χ0) is 22.1. The molecular weight excluding hydrogens is 445 g/mol. The number of phenols is 1. The smallest absolute Gasteiger partial charge is 0.257 e. The quantitative estimate of drug-likeness (QED) is 0.310. The first-order valence-electron chi connectivity index (χ1n) is 8.87. The number of anilines is 4. The normalized spacial score (nSPS) is 10.8. The maximum absolute atomic E-state index is 14.4. The van der Waals surface area contributed by atoms with E-state index < -0.39 is 11.7 Å². The number of fused-ring (bicyclic) bond motifs is 1. The SMILES string of the molecule is CN(c1ccc(F)c(NC(=O)c2cccc(O)c2Cl)c1)c1ccc2nc(NO)sc2n1. The Balaban J connectivity index is 1.62. The van der Waals surface area contributed by atoms with Crippen LogP contribution >= 0.6 is 22.9 Å². The van der Waals surface area contributed by atoms with Gasteiger partial charge in [0, 0.05) is 12.7 Å². The van der Waals surface area contributed by atoms with Crippen molar-refractivity contribution in [1.29, 1.82) is 0 Å². The number of aromatic nitrogens is 2. The lowest BCUT2D eigenvalue weighted by atomic mass is 10.2. The molecule has 0 atom stereocenters. The first kappa shape index (κ1) is 20.8. The van der Waals surface area contributed by atoms with Crippen LogP contribution in [-0.2, 0) is 0 Å². The molecule has 1 amide bonds. The first-order valence-corrected chi connectivity index (χ1v) is 10.1. The summed E-state index contributed by atoms with van der Waals surface area (Å²) in [6.07, 6.45) is 0. The predicted octanol–water partition coefficient (Wildman–Crippen LogP) is 5.01. The van der Waals surface area contributed by atoms with Gasteiger partial charge in [0.2, 0.25) is 5.13 Å². The largest absolute Gasteiger partial charge is 0.506 e. The first-order chi connectivity index (χ1) is 14.9. The number of amides is 1. The molecule has 2 heterocycles. The van der Waals surface area contributed by atoms with Crippen LogP contribution in [0.1, 0.15) is 10.4 Å². The minimum atomic E-state index is -0.659. The highest BCUT2D eigenvalue weighted by Gasteiger charge is 2.17. The van der Waals surface area contributed by atoms with Crippen LogP contribution in [0.15, 0.2) is 48.5 Å². The number of carbonyl (C=O) groups is 1. The summed E-state index contributed by atoms with van der Waals surface area (Å²) >= 11 is 7.15. The molecule has 4 rings (SSSR count). The molecule has 2 aromatic carbocycles. The van der Waals surface area contributed by atoms with E-state index in [1.165, 1.54) is 41.7 Å². The summed E-state index contributed by atoms with van der Waals surface area (Å²) in [5.74, 6) is -0.980. The maximum atomic E-state index is 14.4. The molecule has 8 nitrogen and oxygen atoms in total. The van der Waals surface area contributed by atoms with Crippen molar-refractivity contribution < 1.29 is 19.5 Å². The van der Waals surface area contributed by atoms with E-state index in [9.17, 15) is 14.3 Å². The second-order valence-electron chi connectivity index (χ2n) is 6.44. The lowest BCUT2D eigenvalue weighted by Crippen LogP contribution is -2.15. The van der Waals surface area contributed by atoms with Crippen molar-refractivity contribution in [3.05, 3.63) is 64.9 Å². The summed E-state index contributed by atoms with van der Waals surface area (Å²) in [6.45, 7) is 0. The Hall–Kier alpha value is -3.47. The van der Waals surface area contributed by atoms with E-state index in [0.29, 0.717) is 27.0 Å². The van der Waals surface area contributed by atoms with Crippen LogP contribution in [0.2, 0.25) is 5.02 Å². The number of rotatable bonds is 5. The highest BCUT2D eigenvalue weighted by atomic mass is 35.5. The number of nitrogens with one attached hydrogen (secondary N) is 2. The number of halogens is 2. The van der Waals surface area contributed by atoms with Crippen LogP contribution in [0, 0.1) is 5.82 Å². The zero-order valence-electron chi connectivity index (χ0n) is 15.9. The number of pyridine rings is 1. The van der Waals surface area contributed by atoms with Crippen molar-refractivity contribution >= 4 is 61.5 Å². The van der Waals surface area contributed by atoms with Crippen molar-refractivity contribution in [1.82, 2.24) is 9.97 Å². The summed E-state index contributed by atoms with van der Waals surface area (Å²) in [4.78, 5) is 23.5. The van der Waals surface area contributed by atoms with Crippen LogP contribution in [0.5, 0.6) is 5.75 Å². The number of hydrogen-bond donors (Lipinski definition) is 4. The van der Waals surface area contributed by atoms with Gasteiger partial charge in [-0.2, -0.15) is 0 Å². The van der Waals surface area contributed by atoms with Gasteiger partial charge in [-0.05, 0) is 42.5 Å². The molecule has 0 aliphatic heterocycles. The summed E-state index contributed by atoms with van der Waals surface area (Å²) in [7, 11) is 1.74. The molecule has 0 fully saturated rings. The standard InChI is InChI=1S/C20H15ClFN5O3S/c1-27(16-8-7-13-19(25-16)31-20(24-13)26-30)10-5-6-12(22)14(9-10)23-18(29)11-3-2-4-15(28)17(11)21/h2-9,28,30H,1H3,(H,23,29)(H,24,26). The Morgan fingerprint density at radius 3 is 2.77 bits per heavy atom. The number of carbonyl (C=O) groups excluding carboxylic acids is 1. The molecule has 0 aliphatic rings. The van der Waals surface area contributed by atoms with Crippen LogP contribution in [0.3, 0.4) is 0 Å². The van der Waals surface area contributed by atoms with E-state index in [4.69, 9.17) is 16.8 Å². The third-order valence-corrected chi connectivity index (χ3v) is 5.76. The van der Waals surface area contributed by atoms with E-state index in [-0.39, 0.29) is 22.0 Å². The van der Waals surface area contributed by atoms with Crippen LogP contribution < -0.4 is 15.7 Å². The minimum Gasteiger partial charge on any atom is -0.506 e. The molecule has 11 heteroatoms. The van der Waals surface area contributed by atoms with Crippen molar-refractivity contribution in [2.75, 3.05) is 22.7 Å². The minimum absolute atomic E-state index is 0.0189. The molecule has 0 saturated heterocycles. The number of phenolic OH excluding ortho intramolecular Hbond substituents is 1. The van der Waals surface area contributed by atoms with Gasteiger partial charge in [0.05, 0.1) is 16.3 Å². The predicted molar refractivity (Wildman–Crippen MR) is 118 cm³/mol. The van der Waals surface area contributed by atoms with Gasteiger partial charge >= 0.3 is 0 Å². The van der Waals surface area contributed by atoms with E-state index in [0.717, 1.165) is 0 Å². The molecular formula is C20H15ClFN5O3S. The van der Waals surface area contributed by atoms with Gasteiger partial charge in [-0.3, -0.25) is 10.0 Å². The van der Waals surface area contributed by atoms with E-state index in [1.54, 1.807) is 30.1 Å². The number of aromatic hydroxyl groups is 1. The molecule has 2 aromatic heterocycles. The number of thiazole rings is 1. The second-order valence-corrected chi connectivity index (χ2v) is 7.80. The highest BCUT2D eigenvalue weighted by molar-refractivity contribution is 7.21. The Morgan fingerprint density at radius 1 is 1.19 bits per heavy atom. The number of benzene rings is 2. The average Bonchev–Trinajstić information content (AvgIpc) is 3.19. The van der Waals surface area contributed by atoms with Crippen LogP contribution in [0.25, 0.3) is 10.3 Å². The Kier molecular flexibility index (Phi) is 5.59. The molecule has 4 aromatic rings. The lowest BCUT2D eigenvalue weighted by molar-refractivity contribution is 0.102. The monoisotopic (exact) mass is 459 g/mol. The Bertz CT molecular complexity index is 1300. The van der Waals surface area contributed by atoms with E-state index >= 15 is 0 Å². The molecule has 158 valence electrons. The molecule has 0 unspecified atom stereocenters. The summed E-state index contributed by atoms with van der Waals surface area (Å²) in [6, 6.07) is 12.0. The fraction of sp³-hybridized carbons (Fsp3) is 0.0500. The third-order valence-electron chi connectivity index (χ3n) is 4.49. The van der Waals surface area contributed by atoms with Crippen molar-refractivity contribution in [2.45, 2.75) is 0 Å². The van der Waals surface area contributed by atoms with Gasteiger partial charge in [-0.25, -0.2) is 19.8 Å². The van der Waals surface area contributed by atoms with Crippen LogP contribution in [0.4, 0.5) is 26.7 Å². The maximum Gasteiger partial charge on any atom is 0.257 e. The van der Waals surface area contributed by atoms with Gasteiger partial charge in [-0.15, -0.1) is 0 Å². The molecule has 0 spiro atoms. The van der Waals surface area contributed by atoms with E-state index in [2.05, 4.69) is 15.3 Å². The van der Waals surface area contributed by atoms with Gasteiger partial charge in [-0.1, -0.05) is 29.0 Å². The molecule has 0 saturated carbocycles. The van der Waals surface area contributed by atoms with Gasteiger partial charge < -0.3 is 15.3 Å². The zero-order valence-corrected chi connectivity index (χ0v) is 17.5. The van der Waals surface area contributed by atoms with Crippen molar-refractivity contribution in [3.8, 4) is 5.75 Å². The molecule has 4 N–H and O–H groups in total. The topological polar surface area (TPSA) is 111 Å². The number of nitrogens with zero attached hydrogens (tertiary/aromatic N) is 3. The average molecular weight is 460 g/mol. The van der Waals surface area contributed by atoms with Crippen LogP contribution in [-0.4, -0.2) is 33.2 Å². The second kappa shape index (κ2) is 8.34. The summed E-state index contributed by atoms with van der Waals surface area (Å²) in [5, 5.41) is 21.4. The molecule has 31 heavy (non-hydrogen) atoms. The molecule has 0 aliphatic carbocycles. The van der Waals surface area contributed by atoms with Crippen molar-refractivity contribution in [3.63, 3.8) is 0 Å². The number of hydrogen-bond acceptors (Lipinski definition) is 8. The van der Waals surface area contributed by atoms with E-state index in [1.807, 2.05) is 5.48 Å². The summed E-state index contributed by atoms with van der Waals surface area (Å²) < 4.78 is 14.4. The third kappa shape index (κ3) is 4.08. The Labute approximate surface area is 184 Å².